The fourth-order valence-electron chi connectivity index (χ4n) is 9.14. The van der Waals surface area contributed by atoms with Gasteiger partial charge in [0.1, 0.15) is 13.2 Å². The van der Waals surface area contributed by atoms with Crippen molar-refractivity contribution >= 4 is 17.9 Å². The normalized spacial score (nSPS) is 12.8. The van der Waals surface area contributed by atoms with Crippen molar-refractivity contribution in [1.82, 2.24) is 0 Å². The molecule has 0 aromatic heterocycles. The number of carbonyl (C=O) groups excluding carboxylic acids is 3. The Morgan fingerprint density at radius 1 is 0.269 bits per heavy atom. The molecule has 0 amide bonds. The van der Waals surface area contributed by atoms with Crippen LogP contribution in [0.1, 0.15) is 310 Å². The second kappa shape index (κ2) is 65.6. The molecule has 0 aromatic carbocycles. The summed E-state index contributed by atoms with van der Waals surface area (Å²) >= 11 is 0. The SMILES string of the molecule is CC/C=C\C/C=C\C/C=C\C/C=C\C/C=C\CCCCCCCCCCCCCCCCCCCC(=O)OCC(COC(=O)CCCCCCC/C=C\CCC)OC(=O)CCCCCCCCC/C=C\C/C=C\C/C=C\CC. The average molecular weight is 1080 g/mol. The van der Waals surface area contributed by atoms with E-state index in [0.717, 1.165) is 128 Å². The van der Waals surface area contributed by atoms with E-state index < -0.39 is 6.10 Å². The van der Waals surface area contributed by atoms with E-state index in [1.54, 1.807) is 0 Å². The Kier molecular flexibility index (Phi) is 62.3. The summed E-state index contributed by atoms with van der Waals surface area (Å²) < 4.78 is 16.9. The van der Waals surface area contributed by atoms with Gasteiger partial charge in [-0.25, -0.2) is 0 Å². The Morgan fingerprint density at radius 2 is 0.500 bits per heavy atom. The molecule has 0 saturated carbocycles. The summed E-state index contributed by atoms with van der Waals surface area (Å²) in [5.74, 6) is -0.896. The van der Waals surface area contributed by atoms with Crippen molar-refractivity contribution in [2.75, 3.05) is 13.2 Å². The van der Waals surface area contributed by atoms with E-state index >= 15 is 0 Å². The molecular formula is C72H122O6. The zero-order valence-corrected chi connectivity index (χ0v) is 51.2. The average Bonchev–Trinajstić information content (AvgIpc) is 3.44. The second-order valence-corrected chi connectivity index (χ2v) is 21.6. The fraction of sp³-hybridized carbons (Fsp3) is 0.708. The van der Waals surface area contributed by atoms with Crippen molar-refractivity contribution in [1.29, 1.82) is 0 Å². The minimum atomic E-state index is -0.786. The molecule has 0 spiro atoms. The number of unbranched alkanes of at least 4 members (excludes halogenated alkanes) is 30. The molecule has 0 bridgehead atoms. The van der Waals surface area contributed by atoms with Crippen molar-refractivity contribution in [3.8, 4) is 0 Å². The van der Waals surface area contributed by atoms with Gasteiger partial charge in [0.15, 0.2) is 6.10 Å². The molecule has 6 heteroatoms. The number of carbonyl (C=O) groups is 3. The molecule has 0 saturated heterocycles. The first-order chi connectivity index (χ1) is 38.5. The summed E-state index contributed by atoms with van der Waals surface area (Å²) in [6, 6.07) is 0. The highest BCUT2D eigenvalue weighted by atomic mass is 16.6. The van der Waals surface area contributed by atoms with Crippen LogP contribution in [0.4, 0.5) is 0 Å². The molecule has 446 valence electrons. The van der Waals surface area contributed by atoms with Gasteiger partial charge in [-0.15, -0.1) is 0 Å². The highest BCUT2D eigenvalue weighted by molar-refractivity contribution is 5.71. The van der Waals surface area contributed by atoms with Crippen LogP contribution in [0.5, 0.6) is 0 Å². The number of esters is 3. The van der Waals surface area contributed by atoms with Gasteiger partial charge in [-0.1, -0.05) is 284 Å². The van der Waals surface area contributed by atoms with E-state index in [4.69, 9.17) is 14.2 Å². The molecule has 0 heterocycles. The third-order valence-electron chi connectivity index (χ3n) is 14.0. The van der Waals surface area contributed by atoms with Crippen molar-refractivity contribution in [2.45, 2.75) is 316 Å². The molecule has 0 fully saturated rings. The lowest BCUT2D eigenvalue weighted by Crippen LogP contribution is -2.30. The molecule has 78 heavy (non-hydrogen) atoms. The largest absolute Gasteiger partial charge is 0.462 e. The Bertz CT molecular complexity index is 1570. The fourth-order valence-corrected chi connectivity index (χ4v) is 9.14. The van der Waals surface area contributed by atoms with Crippen LogP contribution in [0, 0.1) is 0 Å². The predicted octanol–water partition coefficient (Wildman–Crippen LogP) is 22.6. The molecule has 1 atom stereocenters. The van der Waals surface area contributed by atoms with Gasteiger partial charge < -0.3 is 14.2 Å². The van der Waals surface area contributed by atoms with Crippen LogP contribution >= 0.6 is 0 Å². The van der Waals surface area contributed by atoms with Crippen molar-refractivity contribution in [3.63, 3.8) is 0 Å². The van der Waals surface area contributed by atoms with Crippen LogP contribution in [0.25, 0.3) is 0 Å². The highest BCUT2D eigenvalue weighted by Gasteiger charge is 2.19. The van der Waals surface area contributed by atoms with Gasteiger partial charge in [-0.05, 0) is 116 Å². The number of allylic oxidation sites excluding steroid dienone is 18. The summed E-state index contributed by atoms with van der Waals surface area (Å²) in [6.45, 7) is 6.36. The Morgan fingerprint density at radius 3 is 0.795 bits per heavy atom. The van der Waals surface area contributed by atoms with E-state index in [9.17, 15) is 14.4 Å². The summed E-state index contributed by atoms with van der Waals surface area (Å²) in [4.78, 5) is 38.2. The molecule has 0 radical (unpaired) electrons. The van der Waals surface area contributed by atoms with E-state index in [-0.39, 0.29) is 31.1 Å². The monoisotopic (exact) mass is 1080 g/mol. The van der Waals surface area contributed by atoms with E-state index in [1.165, 1.54) is 141 Å². The number of rotatable bonds is 59. The maximum atomic E-state index is 12.9. The molecule has 0 aliphatic rings. The second-order valence-electron chi connectivity index (χ2n) is 21.6. The summed E-state index contributed by atoms with van der Waals surface area (Å²) in [5.41, 5.74) is 0. The minimum Gasteiger partial charge on any atom is -0.462 e. The Balaban J connectivity index is 4.12. The molecular weight excluding hydrogens is 961 g/mol. The first-order valence-corrected chi connectivity index (χ1v) is 32.9. The molecule has 0 N–H and O–H groups in total. The third kappa shape index (κ3) is 62.9. The summed E-state index contributed by atoms with van der Waals surface area (Å²) in [6.07, 6.45) is 89.8. The van der Waals surface area contributed by atoms with Gasteiger partial charge >= 0.3 is 17.9 Å². The van der Waals surface area contributed by atoms with Crippen molar-refractivity contribution in [3.05, 3.63) is 109 Å². The first-order valence-electron chi connectivity index (χ1n) is 32.9. The van der Waals surface area contributed by atoms with E-state index in [0.29, 0.717) is 19.3 Å². The third-order valence-corrected chi connectivity index (χ3v) is 14.0. The van der Waals surface area contributed by atoms with Gasteiger partial charge in [0.2, 0.25) is 0 Å². The maximum absolute atomic E-state index is 12.9. The van der Waals surface area contributed by atoms with Crippen LogP contribution in [0.2, 0.25) is 0 Å². The van der Waals surface area contributed by atoms with Gasteiger partial charge in [0, 0.05) is 19.3 Å². The minimum absolute atomic E-state index is 0.0828. The molecule has 0 aliphatic heterocycles. The molecule has 0 aliphatic carbocycles. The lowest BCUT2D eigenvalue weighted by atomic mass is 10.0. The number of hydrogen-bond acceptors (Lipinski definition) is 6. The zero-order chi connectivity index (χ0) is 56.4. The molecule has 1 unspecified atom stereocenters. The first kappa shape index (κ1) is 74.1. The summed E-state index contributed by atoms with van der Waals surface area (Å²) in [7, 11) is 0. The Hall–Kier alpha value is -3.93. The molecule has 0 aromatic rings. The van der Waals surface area contributed by atoms with E-state index in [2.05, 4.69) is 130 Å². The van der Waals surface area contributed by atoms with Crippen molar-refractivity contribution in [2.24, 2.45) is 0 Å². The standard InChI is InChI=1S/C72H122O6/c1-4-7-10-13-16-19-22-24-26-28-29-30-31-32-33-34-35-36-37-38-39-40-41-42-43-45-46-48-50-53-56-59-62-65-71(74)77-68-69(67-76-70(73)64-61-58-55-52-21-18-15-12-9-6-3)78-72(75)66-63-60-57-54-51-49-47-44-27-25-23-20-17-14-11-8-5-2/h7-8,10-12,15-17,19-20,24-27,29-30,32-33,69H,4-6,9,13-14,18,21-23,28,31,34-68H2,1-3H3/b10-7-,11-8-,15-12-,19-16-,20-17-,26-24-,27-25-,30-29-,33-32-. The van der Waals surface area contributed by atoms with Gasteiger partial charge in [0.25, 0.3) is 0 Å². The zero-order valence-electron chi connectivity index (χ0n) is 51.2. The highest BCUT2D eigenvalue weighted by Crippen LogP contribution is 2.17. The molecule has 6 nitrogen and oxygen atoms in total. The lowest BCUT2D eigenvalue weighted by Gasteiger charge is -2.18. The quantitative estimate of drug-likeness (QED) is 0.0261. The van der Waals surface area contributed by atoms with Crippen LogP contribution in [0.15, 0.2) is 109 Å². The summed E-state index contributed by atoms with van der Waals surface area (Å²) in [5, 5.41) is 0. The topological polar surface area (TPSA) is 78.9 Å². The maximum Gasteiger partial charge on any atom is 0.306 e. The molecule has 0 rings (SSSR count). The van der Waals surface area contributed by atoms with Crippen LogP contribution in [0.3, 0.4) is 0 Å². The van der Waals surface area contributed by atoms with Gasteiger partial charge in [-0.3, -0.25) is 14.4 Å². The van der Waals surface area contributed by atoms with Gasteiger partial charge in [0.05, 0.1) is 0 Å². The van der Waals surface area contributed by atoms with E-state index in [1.807, 2.05) is 0 Å². The number of hydrogen-bond donors (Lipinski definition) is 0. The predicted molar refractivity (Wildman–Crippen MR) is 339 cm³/mol. The van der Waals surface area contributed by atoms with Crippen LogP contribution in [-0.4, -0.2) is 37.2 Å². The smallest absolute Gasteiger partial charge is 0.306 e. The van der Waals surface area contributed by atoms with Crippen molar-refractivity contribution < 1.29 is 28.6 Å². The van der Waals surface area contributed by atoms with Crippen LogP contribution < -0.4 is 0 Å². The van der Waals surface area contributed by atoms with Gasteiger partial charge in [-0.2, -0.15) is 0 Å². The lowest BCUT2D eigenvalue weighted by molar-refractivity contribution is -0.167. The van der Waals surface area contributed by atoms with Crippen LogP contribution in [-0.2, 0) is 28.6 Å². The number of ether oxygens (including phenoxy) is 3. The Labute approximate surface area is 482 Å².